The molecule has 0 saturated carbocycles. The van der Waals surface area contributed by atoms with E-state index in [9.17, 15) is 4.79 Å². The fourth-order valence-corrected chi connectivity index (χ4v) is 2.61. The van der Waals surface area contributed by atoms with E-state index in [2.05, 4.69) is 4.98 Å². The van der Waals surface area contributed by atoms with Crippen LogP contribution in [0.2, 0.25) is 0 Å². The largest absolute Gasteiger partial charge is 0.457 e. The quantitative estimate of drug-likeness (QED) is 0.944. The number of carbonyl (C=O) groups is 1. The van der Waals surface area contributed by atoms with Crippen LogP contribution in [-0.2, 0) is 0 Å². The standard InChI is InChI=1S/C17H19N3O2/c18-14-4-2-10-20(12-14)17(21)13-3-1-5-16(11-13)22-15-6-8-19-9-7-15/h1,3,5-9,11,14H,2,4,10,12,18H2. The number of nitrogens with zero attached hydrogens (tertiary/aromatic N) is 2. The van der Waals surface area contributed by atoms with E-state index in [4.69, 9.17) is 10.5 Å². The molecule has 0 spiro atoms. The van der Waals surface area contributed by atoms with Crippen molar-refractivity contribution >= 4 is 5.91 Å². The van der Waals surface area contributed by atoms with E-state index in [1.54, 1.807) is 30.6 Å². The Kier molecular flexibility index (Phi) is 4.34. The molecule has 22 heavy (non-hydrogen) atoms. The predicted molar refractivity (Wildman–Crippen MR) is 83.9 cm³/mol. The average Bonchev–Trinajstić information content (AvgIpc) is 2.55. The van der Waals surface area contributed by atoms with Gasteiger partial charge in [-0.2, -0.15) is 0 Å². The number of hydrogen-bond donors (Lipinski definition) is 1. The van der Waals surface area contributed by atoms with Crippen molar-refractivity contribution < 1.29 is 9.53 Å². The van der Waals surface area contributed by atoms with Crippen LogP contribution >= 0.6 is 0 Å². The summed E-state index contributed by atoms with van der Waals surface area (Å²) in [6, 6.07) is 10.9. The second kappa shape index (κ2) is 6.58. The third kappa shape index (κ3) is 3.43. The normalized spacial score (nSPS) is 18.0. The Morgan fingerprint density at radius 2 is 2.05 bits per heavy atom. The number of benzene rings is 1. The van der Waals surface area contributed by atoms with E-state index in [1.807, 2.05) is 23.1 Å². The third-order valence-electron chi connectivity index (χ3n) is 3.71. The first-order chi connectivity index (χ1) is 10.7. The summed E-state index contributed by atoms with van der Waals surface area (Å²) < 4.78 is 5.74. The lowest BCUT2D eigenvalue weighted by Crippen LogP contribution is -2.45. The van der Waals surface area contributed by atoms with Crippen LogP contribution in [0, 0.1) is 0 Å². The summed E-state index contributed by atoms with van der Waals surface area (Å²) >= 11 is 0. The molecule has 1 amide bonds. The van der Waals surface area contributed by atoms with E-state index >= 15 is 0 Å². The van der Waals surface area contributed by atoms with Gasteiger partial charge in [-0.25, -0.2) is 0 Å². The van der Waals surface area contributed by atoms with Crippen LogP contribution < -0.4 is 10.5 Å². The van der Waals surface area contributed by atoms with Crippen LogP contribution in [0.15, 0.2) is 48.8 Å². The molecule has 0 bridgehead atoms. The van der Waals surface area contributed by atoms with Crippen molar-refractivity contribution in [3.63, 3.8) is 0 Å². The number of nitrogens with two attached hydrogens (primary N) is 1. The van der Waals surface area contributed by atoms with Crippen molar-refractivity contribution in [2.24, 2.45) is 5.73 Å². The molecule has 1 aromatic carbocycles. The Morgan fingerprint density at radius 1 is 1.23 bits per heavy atom. The lowest BCUT2D eigenvalue weighted by Gasteiger charge is -2.30. The van der Waals surface area contributed by atoms with Crippen molar-refractivity contribution in [2.45, 2.75) is 18.9 Å². The van der Waals surface area contributed by atoms with Crippen LogP contribution in [0.4, 0.5) is 0 Å². The zero-order chi connectivity index (χ0) is 15.4. The molecular formula is C17H19N3O2. The smallest absolute Gasteiger partial charge is 0.254 e. The molecule has 2 heterocycles. The molecule has 0 aliphatic carbocycles. The lowest BCUT2D eigenvalue weighted by molar-refractivity contribution is 0.0708. The van der Waals surface area contributed by atoms with Gasteiger partial charge in [-0.05, 0) is 43.2 Å². The highest BCUT2D eigenvalue weighted by atomic mass is 16.5. The molecule has 1 fully saturated rings. The molecule has 1 aliphatic heterocycles. The van der Waals surface area contributed by atoms with Crippen molar-refractivity contribution in [1.29, 1.82) is 0 Å². The van der Waals surface area contributed by atoms with Gasteiger partial charge in [0.15, 0.2) is 0 Å². The minimum absolute atomic E-state index is 0.00956. The molecule has 1 aromatic heterocycles. The number of pyridine rings is 1. The number of piperidine rings is 1. The van der Waals surface area contributed by atoms with Gasteiger partial charge in [0.1, 0.15) is 11.5 Å². The maximum absolute atomic E-state index is 12.6. The first kappa shape index (κ1) is 14.5. The van der Waals surface area contributed by atoms with Crippen molar-refractivity contribution in [2.75, 3.05) is 13.1 Å². The number of ether oxygens (including phenoxy) is 1. The Bertz CT molecular complexity index is 645. The van der Waals surface area contributed by atoms with Gasteiger partial charge in [0, 0.05) is 37.1 Å². The highest BCUT2D eigenvalue weighted by molar-refractivity contribution is 5.94. The van der Waals surface area contributed by atoms with Gasteiger partial charge in [0.05, 0.1) is 0 Å². The second-order valence-electron chi connectivity index (χ2n) is 5.47. The number of rotatable bonds is 3. The molecule has 2 aromatic rings. The fraction of sp³-hybridized carbons (Fsp3) is 0.294. The van der Waals surface area contributed by atoms with Gasteiger partial charge in [-0.1, -0.05) is 6.07 Å². The van der Waals surface area contributed by atoms with Crippen LogP contribution in [0.5, 0.6) is 11.5 Å². The average molecular weight is 297 g/mol. The summed E-state index contributed by atoms with van der Waals surface area (Å²) in [6.45, 7) is 1.39. The Hall–Kier alpha value is -2.40. The van der Waals surface area contributed by atoms with Crippen LogP contribution in [0.3, 0.4) is 0 Å². The van der Waals surface area contributed by atoms with Crippen LogP contribution in [-0.4, -0.2) is 34.9 Å². The minimum Gasteiger partial charge on any atom is -0.457 e. The maximum atomic E-state index is 12.6. The summed E-state index contributed by atoms with van der Waals surface area (Å²) in [6.07, 6.45) is 5.27. The zero-order valence-electron chi connectivity index (χ0n) is 12.3. The number of likely N-dealkylation sites (tertiary alicyclic amines) is 1. The molecule has 5 nitrogen and oxygen atoms in total. The third-order valence-corrected chi connectivity index (χ3v) is 3.71. The minimum atomic E-state index is 0.00956. The molecule has 5 heteroatoms. The molecule has 2 N–H and O–H groups in total. The topological polar surface area (TPSA) is 68.5 Å². The second-order valence-corrected chi connectivity index (χ2v) is 5.47. The monoisotopic (exact) mass is 297 g/mol. The number of aromatic nitrogens is 1. The van der Waals surface area contributed by atoms with Gasteiger partial charge >= 0.3 is 0 Å². The highest BCUT2D eigenvalue weighted by Crippen LogP contribution is 2.22. The van der Waals surface area contributed by atoms with Crippen molar-refractivity contribution in [3.8, 4) is 11.5 Å². The molecule has 1 unspecified atom stereocenters. The number of amides is 1. The SMILES string of the molecule is NC1CCCN(C(=O)c2cccc(Oc3ccncc3)c2)C1. The molecule has 0 radical (unpaired) electrons. The van der Waals surface area contributed by atoms with E-state index in [-0.39, 0.29) is 11.9 Å². The summed E-state index contributed by atoms with van der Waals surface area (Å²) in [4.78, 5) is 18.3. The summed E-state index contributed by atoms with van der Waals surface area (Å²) in [7, 11) is 0. The van der Waals surface area contributed by atoms with Gasteiger partial charge < -0.3 is 15.4 Å². The summed E-state index contributed by atoms with van der Waals surface area (Å²) in [5, 5.41) is 0. The molecule has 114 valence electrons. The lowest BCUT2D eigenvalue weighted by atomic mass is 10.1. The van der Waals surface area contributed by atoms with Gasteiger partial charge in [0.25, 0.3) is 5.91 Å². The van der Waals surface area contributed by atoms with Gasteiger partial charge in [-0.15, -0.1) is 0 Å². The van der Waals surface area contributed by atoms with Crippen LogP contribution in [0.25, 0.3) is 0 Å². The highest BCUT2D eigenvalue weighted by Gasteiger charge is 2.22. The predicted octanol–water partition coefficient (Wildman–Crippen LogP) is 2.44. The summed E-state index contributed by atoms with van der Waals surface area (Å²) in [5.74, 6) is 1.34. The Balaban J connectivity index is 1.74. The molecule has 1 atom stereocenters. The Labute approximate surface area is 129 Å². The first-order valence-electron chi connectivity index (χ1n) is 7.45. The maximum Gasteiger partial charge on any atom is 0.254 e. The van der Waals surface area contributed by atoms with Crippen LogP contribution in [0.1, 0.15) is 23.2 Å². The molecule has 1 saturated heterocycles. The Morgan fingerprint density at radius 3 is 2.82 bits per heavy atom. The molecule has 1 aliphatic rings. The van der Waals surface area contributed by atoms with E-state index in [1.165, 1.54) is 0 Å². The van der Waals surface area contributed by atoms with Gasteiger partial charge in [0.2, 0.25) is 0 Å². The molecule has 3 rings (SSSR count). The van der Waals surface area contributed by atoms with E-state index in [0.29, 0.717) is 23.6 Å². The van der Waals surface area contributed by atoms with Gasteiger partial charge in [-0.3, -0.25) is 9.78 Å². The number of hydrogen-bond acceptors (Lipinski definition) is 4. The van der Waals surface area contributed by atoms with Crippen molar-refractivity contribution in [1.82, 2.24) is 9.88 Å². The van der Waals surface area contributed by atoms with Crippen molar-refractivity contribution in [3.05, 3.63) is 54.4 Å². The zero-order valence-corrected chi connectivity index (χ0v) is 12.3. The van der Waals surface area contributed by atoms with E-state index in [0.717, 1.165) is 19.4 Å². The van der Waals surface area contributed by atoms with E-state index < -0.39 is 0 Å². The fourth-order valence-electron chi connectivity index (χ4n) is 2.61. The molecular weight excluding hydrogens is 278 g/mol. The summed E-state index contributed by atoms with van der Waals surface area (Å²) in [5.41, 5.74) is 6.57. The first-order valence-corrected chi connectivity index (χ1v) is 7.45. The number of carbonyl (C=O) groups excluding carboxylic acids is 1.